The molecular weight excluding hydrogens is 650 g/mol. The van der Waals surface area contributed by atoms with Crippen molar-refractivity contribution in [3.05, 3.63) is 78.4 Å². The van der Waals surface area contributed by atoms with Crippen LogP contribution in [-0.2, 0) is 25.5 Å². The zero-order valence-corrected chi connectivity index (χ0v) is 29.6. The Bertz CT molecular complexity index is 1700. The molecule has 0 bridgehead atoms. The second kappa shape index (κ2) is 17.6. The lowest BCUT2D eigenvalue weighted by atomic mass is 9.81. The maximum absolute atomic E-state index is 13.7. The molecule has 270 valence electrons. The molecule has 1 aromatic heterocycles. The lowest BCUT2D eigenvalue weighted by Crippen LogP contribution is -2.48. The predicted molar refractivity (Wildman–Crippen MR) is 193 cm³/mol. The summed E-state index contributed by atoms with van der Waals surface area (Å²) in [6.45, 7) is 6.99. The van der Waals surface area contributed by atoms with Gasteiger partial charge in [-0.05, 0) is 111 Å². The minimum atomic E-state index is -0.810. The summed E-state index contributed by atoms with van der Waals surface area (Å²) in [5, 5.41) is 22.9. The molecule has 4 N–H and O–H groups in total. The number of aromatic nitrogens is 4. The molecule has 0 saturated heterocycles. The maximum Gasteiger partial charge on any atom is 0.407 e. The van der Waals surface area contributed by atoms with Crippen LogP contribution in [0.4, 0.5) is 10.5 Å². The quantitative estimate of drug-likeness (QED) is 0.123. The van der Waals surface area contributed by atoms with Crippen molar-refractivity contribution in [3.8, 4) is 28.3 Å². The van der Waals surface area contributed by atoms with E-state index in [2.05, 4.69) is 36.6 Å². The molecule has 1 atom stereocenters. The maximum atomic E-state index is 13.7. The predicted octanol–water partition coefficient (Wildman–Crippen LogP) is 5.56. The molecule has 1 unspecified atom stereocenters. The molecule has 13 nitrogen and oxygen atoms in total. The highest BCUT2D eigenvalue weighted by molar-refractivity contribution is 5.97. The topological polar surface area (TPSA) is 169 Å². The van der Waals surface area contributed by atoms with E-state index in [1.54, 1.807) is 31.4 Å². The van der Waals surface area contributed by atoms with Crippen LogP contribution in [0.25, 0.3) is 22.5 Å². The molecular formula is C38H47N7O6. The Morgan fingerprint density at radius 3 is 2.12 bits per heavy atom. The van der Waals surface area contributed by atoms with Crippen molar-refractivity contribution in [3.63, 3.8) is 0 Å². The largest absolute Gasteiger partial charge is 0.491 e. The molecule has 13 heteroatoms. The van der Waals surface area contributed by atoms with Crippen LogP contribution in [0, 0.1) is 11.8 Å². The summed E-state index contributed by atoms with van der Waals surface area (Å²) in [6, 6.07) is 22.1. The van der Waals surface area contributed by atoms with Gasteiger partial charge in [0.1, 0.15) is 24.0 Å². The number of amides is 3. The summed E-state index contributed by atoms with van der Waals surface area (Å²) in [4.78, 5) is 39.4. The first-order valence-corrected chi connectivity index (χ1v) is 17.3. The molecule has 1 fully saturated rings. The molecule has 0 aliphatic heterocycles. The molecule has 3 amide bonds. The van der Waals surface area contributed by atoms with E-state index in [4.69, 9.17) is 14.2 Å². The summed E-state index contributed by atoms with van der Waals surface area (Å²) < 4.78 is 16.1. The summed E-state index contributed by atoms with van der Waals surface area (Å²) in [7, 11) is 1.64. The van der Waals surface area contributed by atoms with E-state index >= 15 is 0 Å². The molecule has 0 radical (unpaired) electrons. The Hall–Kier alpha value is -5.30. The Kier molecular flexibility index (Phi) is 12.7. The minimum Gasteiger partial charge on any atom is -0.491 e. The van der Waals surface area contributed by atoms with E-state index in [0.29, 0.717) is 50.5 Å². The van der Waals surface area contributed by atoms with Gasteiger partial charge >= 0.3 is 6.09 Å². The van der Waals surface area contributed by atoms with Gasteiger partial charge in [0.15, 0.2) is 0 Å². The SMILES string of the molecule is COCCOc1ccc(-c2ccc(CC(NC(=O)C3CCC(CNC(=O)OC(C)(C)C)CC3)C(=O)Nc3ccc(-c4nn[nH]n4)cc3)cc2)cc1. The number of anilines is 1. The fourth-order valence-electron chi connectivity index (χ4n) is 5.94. The average Bonchev–Trinajstić information content (AvgIpc) is 3.66. The molecule has 1 heterocycles. The first-order chi connectivity index (χ1) is 24.6. The molecule has 1 saturated carbocycles. The van der Waals surface area contributed by atoms with E-state index < -0.39 is 17.7 Å². The van der Waals surface area contributed by atoms with Gasteiger partial charge in [0.2, 0.25) is 17.6 Å². The minimum absolute atomic E-state index is 0.148. The van der Waals surface area contributed by atoms with Crippen molar-refractivity contribution in [1.82, 2.24) is 31.3 Å². The number of aromatic amines is 1. The van der Waals surface area contributed by atoms with E-state index in [1.807, 2.05) is 69.3 Å². The number of hydrogen-bond donors (Lipinski definition) is 4. The normalized spacial score (nSPS) is 16.5. The van der Waals surface area contributed by atoms with Crippen LogP contribution in [-0.4, -0.2) is 77.0 Å². The molecule has 51 heavy (non-hydrogen) atoms. The highest BCUT2D eigenvalue weighted by Gasteiger charge is 2.30. The van der Waals surface area contributed by atoms with Gasteiger partial charge in [-0.15, -0.1) is 10.2 Å². The van der Waals surface area contributed by atoms with Crippen LogP contribution in [0.5, 0.6) is 5.75 Å². The number of H-pyrrole nitrogens is 1. The van der Waals surface area contributed by atoms with E-state index in [9.17, 15) is 14.4 Å². The Morgan fingerprint density at radius 1 is 0.863 bits per heavy atom. The molecule has 3 aromatic carbocycles. The van der Waals surface area contributed by atoms with Crippen molar-refractivity contribution in [2.45, 2.75) is 64.5 Å². The lowest BCUT2D eigenvalue weighted by Gasteiger charge is -2.29. The van der Waals surface area contributed by atoms with Gasteiger partial charge in [0.05, 0.1) is 6.61 Å². The summed E-state index contributed by atoms with van der Waals surface area (Å²) in [5.41, 5.74) is 3.72. The fraction of sp³-hybridized carbons (Fsp3) is 0.421. The number of tetrazole rings is 1. The van der Waals surface area contributed by atoms with Gasteiger partial charge in [-0.1, -0.05) is 36.4 Å². The van der Waals surface area contributed by atoms with Crippen molar-refractivity contribution < 1.29 is 28.6 Å². The first-order valence-electron chi connectivity index (χ1n) is 17.3. The number of nitrogens with one attached hydrogen (secondary N) is 4. The van der Waals surface area contributed by atoms with Gasteiger partial charge < -0.3 is 30.2 Å². The van der Waals surface area contributed by atoms with E-state index in [-0.39, 0.29) is 23.7 Å². The molecule has 1 aliphatic carbocycles. The second-order valence-electron chi connectivity index (χ2n) is 13.7. The number of ether oxygens (including phenoxy) is 3. The fourth-order valence-corrected chi connectivity index (χ4v) is 5.94. The first kappa shape index (κ1) is 37.0. The number of methoxy groups -OCH3 is 1. The molecule has 5 rings (SSSR count). The van der Waals surface area contributed by atoms with Crippen molar-refractivity contribution in [2.24, 2.45) is 11.8 Å². The number of alkyl carbamates (subject to hydrolysis) is 1. The highest BCUT2D eigenvalue weighted by Crippen LogP contribution is 2.29. The van der Waals surface area contributed by atoms with Crippen LogP contribution in [0.1, 0.15) is 52.0 Å². The summed E-state index contributed by atoms with van der Waals surface area (Å²) in [5.74, 6) is 0.783. The van der Waals surface area contributed by atoms with Crippen molar-refractivity contribution in [2.75, 3.05) is 32.2 Å². The van der Waals surface area contributed by atoms with Crippen molar-refractivity contribution in [1.29, 1.82) is 0 Å². The third kappa shape index (κ3) is 11.4. The number of nitrogens with zero attached hydrogens (tertiary/aromatic N) is 3. The van der Waals surface area contributed by atoms with Gasteiger partial charge in [0.25, 0.3) is 0 Å². The number of carbonyl (C=O) groups is 3. The van der Waals surface area contributed by atoms with Crippen LogP contribution in [0.2, 0.25) is 0 Å². The average molecular weight is 698 g/mol. The monoisotopic (exact) mass is 697 g/mol. The Labute approximate surface area is 298 Å². The van der Waals surface area contributed by atoms with Gasteiger partial charge in [0, 0.05) is 37.2 Å². The van der Waals surface area contributed by atoms with E-state index in [0.717, 1.165) is 40.8 Å². The second-order valence-corrected chi connectivity index (χ2v) is 13.7. The molecule has 0 spiro atoms. The zero-order chi connectivity index (χ0) is 36.2. The lowest BCUT2D eigenvalue weighted by molar-refractivity contribution is -0.130. The number of carbonyl (C=O) groups excluding carboxylic acids is 3. The van der Waals surface area contributed by atoms with Gasteiger partial charge in [-0.2, -0.15) is 5.21 Å². The summed E-state index contributed by atoms with van der Waals surface area (Å²) in [6.07, 6.45) is 2.79. The number of hydrogen-bond acceptors (Lipinski definition) is 9. The standard InChI is InChI=1S/C38H47N7O6/c1-38(2,3)51-37(48)39-24-26-7-11-30(12-8-26)35(46)41-33(36(47)40-31-17-13-29(14-18-31)34-42-44-45-43-34)23-25-5-9-27(10-6-25)28-15-19-32(20-16-28)50-22-21-49-4/h5-6,9-10,13-20,26,30,33H,7-8,11-12,21-24H2,1-4H3,(H,39,48)(H,40,47)(H,41,46)(H,42,43,44,45). The van der Waals surface area contributed by atoms with Crippen LogP contribution >= 0.6 is 0 Å². The third-order valence-electron chi connectivity index (χ3n) is 8.68. The van der Waals surface area contributed by atoms with Crippen LogP contribution in [0.15, 0.2) is 72.8 Å². The highest BCUT2D eigenvalue weighted by atomic mass is 16.6. The number of rotatable bonds is 14. The van der Waals surface area contributed by atoms with Gasteiger partial charge in [-0.3, -0.25) is 9.59 Å². The zero-order valence-electron chi connectivity index (χ0n) is 29.6. The van der Waals surface area contributed by atoms with Crippen LogP contribution in [0.3, 0.4) is 0 Å². The summed E-state index contributed by atoms with van der Waals surface area (Å²) >= 11 is 0. The number of benzene rings is 3. The van der Waals surface area contributed by atoms with E-state index in [1.165, 1.54) is 0 Å². The smallest absolute Gasteiger partial charge is 0.407 e. The Balaban J connectivity index is 1.22. The molecule has 4 aromatic rings. The van der Waals surface area contributed by atoms with Crippen molar-refractivity contribution >= 4 is 23.6 Å². The molecule has 1 aliphatic rings. The third-order valence-corrected chi connectivity index (χ3v) is 8.68. The van der Waals surface area contributed by atoms with Crippen LogP contribution < -0.4 is 20.7 Å². The Morgan fingerprint density at radius 2 is 1.51 bits per heavy atom. The van der Waals surface area contributed by atoms with Gasteiger partial charge in [-0.25, -0.2) is 4.79 Å².